The molecule has 0 amide bonds. The molecule has 3 heteroatoms. The summed E-state index contributed by atoms with van der Waals surface area (Å²) in [6, 6.07) is 10.0. The maximum absolute atomic E-state index is 5.77. The summed E-state index contributed by atoms with van der Waals surface area (Å²) in [4.78, 5) is 4.49. The molecule has 3 aromatic rings. The molecule has 0 aliphatic rings. The molecular formula is C14H13N2O+. The highest BCUT2D eigenvalue weighted by atomic mass is 16.3. The SMILES string of the molecule is Cc1ccc2nc(-c3ccc[n+](C)c3)oc2c1. The molecule has 0 atom stereocenters. The second kappa shape index (κ2) is 3.70. The molecule has 2 aromatic heterocycles. The Balaban J connectivity index is 2.18. The van der Waals surface area contributed by atoms with Gasteiger partial charge in [-0.2, -0.15) is 0 Å². The van der Waals surface area contributed by atoms with Gasteiger partial charge < -0.3 is 4.42 Å². The highest BCUT2D eigenvalue weighted by molar-refractivity contribution is 5.76. The van der Waals surface area contributed by atoms with Crippen LogP contribution in [0.1, 0.15) is 5.56 Å². The third-order valence-electron chi connectivity index (χ3n) is 2.73. The summed E-state index contributed by atoms with van der Waals surface area (Å²) in [5, 5.41) is 0. The minimum absolute atomic E-state index is 0.668. The van der Waals surface area contributed by atoms with Crippen LogP contribution in [0, 0.1) is 6.92 Å². The summed E-state index contributed by atoms with van der Waals surface area (Å²) in [5.41, 5.74) is 3.91. The first-order valence-corrected chi connectivity index (χ1v) is 5.55. The highest BCUT2D eigenvalue weighted by Crippen LogP contribution is 2.23. The number of rotatable bonds is 1. The van der Waals surface area contributed by atoms with Gasteiger partial charge in [-0.05, 0) is 30.7 Å². The molecule has 3 nitrogen and oxygen atoms in total. The van der Waals surface area contributed by atoms with E-state index in [0.717, 1.165) is 16.7 Å². The quantitative estimate of drug-likeness (QED) is 0.596. The Morgan fingerprint density at radius 1 is 1.24 bits per heavy atom. The fraction of sp³-hybridized carbons (Fsp3) is 0.143. The first kappa shape index (κ1) is 10.0. The Morgan fingerprint density at radius 2 is 2.12 bits per heavy atom. The number of nitrogens with zero attached hydrogens (tertiary/aromatic N) is 2. The highest BCUT2D eigenvalue weighted by Gasteiger charge is 2.10. The van der Waals surface area contributed by atoms with Gasteiger partial charge in [0.25, 0.3) is 0 Å². The number of benzene rings is 1. The molecule has 0 saturated heterocycles. The molecule has 0 N–H and O–H groups in total. The lowest BCUT2D eigenvalue weighted by Crippen LogP contribution is -2.26. The van der Waals surface area contributed by atoms with Crippen molar-refractivity contribution in [2.45, 2.75) is 6.92 Å². The molecule has 17 heavy (non-hydrogen) atoms. The Kier molecular flexibility index (Phi) is 2.18. The van der Waals surface area contributed by atoms with Gasteiger partial charge in [-0.1, -0.05) is 6.07 Å². The van der Waals surface area contributed by atoms with Crippen LogP contribution in [0.15, 0.2) is 47.1 Å². The molecule has 0 saturated carbocycles. The molecule has 3 rings (SSSR count). The average Bonchev–Trinajstić information content (AvgIpc) is 2.72. The first-order chi connectivity index (χ1) is 8.22. The normalized spacial score (nSPS) is 10.9. The minimum Gasteiger partial charge on any atom is -0.436 e. The molecular weight excluding hydrogens is 212 g/mol. The van der Waals surface area contributed by atoms with Crippen LogP contribution in [-0.4, -0.2) is 4.98 Å². The monoisotopic (exact) mass is 225 g/mol. The van der Waals surface area contributed by atoms with Crippen molar-refractivity contribution in [2.75, 3.05) is 0 Å². The number of oxazole rings is 1. The van der Waals surface area contributed by atoms with Gasteiger partial charge in [0.1, 0.15) is 18.1 Å². The van der Waals surface area contributed by atoms with E-state index in [1.807, 2.05) is 61.3 Å². The maximum atomic E-state index is 5.77. The van der Waals surface area contributed by atoms with E-state index in [1.165, 1.54) is 5.56 Å². The summed E-state index contributed by atoms with van der Waals surface area (Å²) in [5.74, 6) is 0.668. The Bertz CT molecular complexity index is 686. The topological polar surface area (TPSA) is 29.9 Å². The van der Waals surface area contributed by atoms with Crippen molar-refractivity contribution < 1.29 is 8.98 Å². The summed E-state index contributed by atoms with van der Waals surface area (Å²) in [6.45, 7) is 2.05. The van der Waals surface area contributed by atoms with Gasteiger partial charge in [0.2, 0.25) is 5.89 Å². The fourth-order valence-electron chi connectivity index (χ4n) is 1.87. The second-order valence-electron chi connectivity index (χ2n) is 4.25. The van der Waals surface area contributed by atoms with Gasteiger partial charge in [0, 0.05) is 6.07 Å². The maximum Gasteiger partial charge on any atom is 0.233 e. The predicted molar refractivity (Wildman–Crippen MR) is 65.4 cm³/mol. The van der Waals surface area contributed by atoms with Gasteiger partial charge in [-0.3, -0.25) is 0 Å². The number of aromatic nitrogens is 2. The summed E-state index contributed by atoms with van der Waals surface area (Å²) < 4.78 is 7.75. The molecule has 0 fully saturated rings. The van der Waals surface area contributed by atoms with E-state index < -0.39 is 0 Å². The van der Waals surface area contributed by atoms with Crippen molar-refractivity contribution in [3.05, 3.63) is 48.3 Å². The molecule has 0 unspecified atom stereocenters. The number of aryl methyl sites for hydroxylation is 2. The van der Waals surface area contributed by atoms with E-state index in [1.54, 1.807) is 0 Å². The second-order valence-corrected chi connectivity index (χ2v) is 4.25. The van der Waals surface area contributed by atoms with E-state index in [9.17, 15) is 0 Å². The Hall–Kier alpha value is -2.16. The van der Waals surface area contributed by atoms with Crippen molar-refractivity contribution in [3.63, 3.8) is 0 Å². The Labute approximate surface area is 99.3 Å². The van der Waals surface area contributed by atoms with Crippen LogP contribution < -0.4 is 4.57 Å². The van der Waals surface area contributed by atoms with Crippen molar-refractivity contribution in [3.8, 4) is 11.5 Å². The molecule has 1 aromatic carbocycles. The zero-order valence-corrected chi connectivity index (χ0v) is 9.84. The molecule has 2 heterocycles. The summed E-state index contributed by atoms with van der Waals surface area (Å²) in [6.07, 6.45) is 3.98. The van der Waals surface area contributed by atoms with Crippen LogP contribution in [0.3, 0.4) is 0 Å². The van der Waals surface area contributed by atoms with Crippen LogP contribution in [0.4, 0.5) is 0 Å². The molecule has 0 bridgehead atoms. The van der Waals surface area contributed by atoms with E-state index in [4.69, 9.17) is 4.42 Å². The van der Waals surface area contributed by atoms with Gasteiger partial charge >= 0.3 is 0 Å². The largest absolute Gasteiger partial charge is 0.436 e. The van der Waals surface area contributed by atoms with Crippen LogP contribution in [0.5, 0.6) is 0 Å². The van der Waals surface area contributed by atoms with E-state index in [2.05, 4.69) is 4.98 Å². The van der Waals surface area contributed by atoms with Crippen LogP contribution in [-0.2, 0) is 7.05 Å². The minimum atomic E-state index is 0.668. The van der Waals surface area contributed by atoms with Crippen LogP contribution in [0.25, 0.3) is 22.6 Å². The van der Waals surface area contributed by atoms with Crippen molar-refractivity contribution in [1.29, 1.82) is 0 Å². The third-order valence-corrected chi connectivity index (χ3v) is 2.73. The lowest BCUT2D eigenvalue weighted by molar-refractivity contribution is -0.671. The van der Waals surface area contributed by atoms with Gasteiger partial charge in [-0.15, -0.1) is 0 Å². The molecule has 0 radical (unpaired) electrons. The van der Waals surface area contributed by atoms with Crippen molar-refractivity contribution in [1.82, 2.24) is 4.98 Å². The van der Waals surface area contributed by atoms with Crippen LogP contribution in [0.2, 0.25) is 0 Å². The zero-order chi connectivity index (χ0) is 11.8. The smallest absolute Gasteiger partial charge is 0.233 e. The fourth-order valence-corrected chi connectivity index (χ4v) is 1.87. The van der Waals surface area contributed by atoms with Gasteiger partial charge in [0.05, 0.1) is 0 Å². The average molecular weight is 225 g/mol. The Morgan fingerprint density at radius 3 is 2.94 bits per heavy atom. The summed E-state index contributed by atoms with van der Waals surface area (Å²) >= 11 is 0. The van der Waals surface area contributed by atoms with E-state index in [-0.39, 0.29) is 0 Å². The number of pyridine rings is 1. The lowest BCUT2D eigenvalue weighted by atomic mass is 10.2. The number of hydrogen-bond donors (Lipinski definition) is 0. The number of fused-ring (bicyclic) bond motifs is 1. The standard InChI is InChI=1S/C14H13N2O/c1-10-5-6-12-13(8-10)17-14(15-12)11-4-3-7-16(2)9-11/h3-9H,1-2H3/q+1. The molecule has 84 valence electrons. The third kappa shape index (κ3) is 1.80. The van der Waals surface area contributed by atoms with Crippen molar-refractivity contribution >= 4 is 11.1 Å². The number of hydrogen-bond acceptors (Lipinski definition) is 2. The predicted octanol–water partition coefficient (Wildman–Crippen LogP) is 2.63. The summed E-state index contributed by atoms with van der Waals surface area (Å²) in [7, 11) is 1.98. The first-order valence-electron chi connectivity index (χ1n) is 5.55. The molecule has 0 aliphatic carbocycles. The lowest BCUT2D eigenvalue weighted by Gasteiger charge is -1.91. The molecule has 0 aliphatic heterocycles. The van der Waals surface area contributed by atoms with Gasteiger partial charge in [0.15, 0.2) is 18.0 Å². The zero-order valence-electron chi connectivity index (χ0n) is 9.84. The van der Waals surface area contributed by atoms with E-state index >= 15 is 0 Å². The van der Waals surface area contributed by atoms with Gasteiger partial charge in [-0.25, -0.2) is 9.55 Å². The van der Waals surface area contributed by atoms with E-state index in [0.29, 0.717) is 5.89 Å². The van der Waals surface area contributed by atoms with Crippen LogP contribution >= 0.6 is 0 Å². The molecule has 0 spiro atoms. The van der Waals surface area contributed by atoms with Crippen molar-refractivity contribution in [2.24, 2.45) is 7.05 Å².